The Balaban J connectivity index is 0.882. The predicted octanol–water partition coefficient (Wildman–Crippen LogP) is 5.68. The molecule has 0 spiro atoms. The van der Waals surface area contributed by atoms with Crippen molar-refractivity contribution in [2.45, 2.75) is 192 Å². The first kappa shape index (κ1) is 53.2. The Morgan fingerprint density at radius 1 is 0.873 bits per heavy atom. The van der Waals surface area contributed by atoms with E-state index >= 15 is 0 Å². The zero-order valence-corrected chi connectivity index (χ0v) is 43.2. The molecule has 0 bridgehead atoms. The average Bonchev–Trinajstić information content (AvgIpc) is 3.69. The number of carbonyl (C=O) groups excluding carboxylic acids is 3. The van der Waals surface area contributed by atoms with E-state index in [1.54, 1.807) is 13.0 Å². The maximum atomic E-state index is 14.6. The summed E-state index contributed by atoms with van der Waals surface area (Å²) >= 11 is 0. The highest BCUT2D eigenvalue weighted by atomic mass is 32.2. The number of hydrogen-bond acceptors (Lipinski definition) is 17. The Morgan fingerprint density at radius 3 is 2.27 bits per heavy atom. The van der Waals surface area contributed by atoms with E-state index in [2.05, 4.69) is 64.3 Å². The van der Waals surface area contributed by atoms with Crippen LogP contribution >= 0.6 is 0 Å². The van der Waals surface area contributed by atoms with Gasteiger partial charge >= 0.3 is 28.8 Å². The average molecular weight is 1020 g/mol. The van der Waals surface area contributed by atoms with Crippen molar-refractivity contribution < 1.29 is 76.4 Å². The zero-order chi connectivity index (χ0) is 51.7. The SMILES string of the molecule is CC(CCOc1no[n+]([O-])c1S(=O)(=O)c1ccccc1)OC(=O)CCC(=O)O[C@H]1CC[C@@]2(C)C(CC[C@]3(C)C2CC=C2C4CC(C)(C)CC[C@]4(C(=O)O[C@H]4O[C@@H](CO)[C@@H](O)[C@@H](O)[C@@H]4O)CC[C@]23C)C1(C)C. The summed E-state index contributed by atoms with van der Waals surface area (Å²) < 4.78 is 59.5. The Morgan fingerprint density at radius 2 is 1.56 bits per heavy atom. The quantitative estimate of drug-likeness (QED) is 0.0768. The molecular weight excluding hydrogens is 941 g/mol. The lowest BCUT2D eigenvalue weighted by molar-refractivity contribution is -0.832. The third kappa shape index (κ3) is 9.20. The van der Waals surface area contributed by atoms with Crippen LogP contribution in [-0.2, 0) is 43.2 Å². The van der Waals surface area contributed by atoms with Crippen LogP contribution in [-0.4, -0.2) is 108 Å². The molecule has 6 aliphatic rings. The number of ether oxygens (including phenoxy) is 5. The maximum absolute atomic E-state index is 14.6. The second kappa shape index (κ2) is 19.3. The van der Waals surface area contributed by atoms with Crippen molar-refractivity contribution in [1.82, 2.24) is 5.16 Å². The van der Waals surface area contributed by atoms with Gasteiger partial charge in [0.25, 0.3) is 9.84 Å². The number of esters is 3. The van der Waals surface area contributed by atoms with Crippen LogP contribution in [0.3, 0.4) is 0 Å². The number of aromatic nitrogens is 2. The minimum absolute atomic E-state index is 0.0408. The van der Waals surface area contributed by atoms with Crippen molar-refractivity contribution in [2.75, 3.05) is 13.2 Å². The van der Waals surface area contributed by atoms with Gasteiger partial charge in [0.1, 0.15) is 36.6 Å². The second-order valence-electron chi connectivity index (χ2n) is 23.6. The Labute approximate surface area is 416 Å². The molecule has 1 saturated heterocycles. The lowest BCUT2D eigenvalue weighted by atomic mass is 9.33. The first-order valence-electron chi connectivity index (χ1n) is 25.4. The normalized spacial score (nSPS) is 37.6. The summed E-state index contributed by atoms with van der Waals surface area (Å²) in [5.74, 6) is -1.64. The van der Waals surface area contributed by atoms with Gasteiger partial charge in [-0.3, -0.25) is 19.0 Å². The van der Waals surface area contributed by atoms with Crippen LogP contribution < -0.4 is 9.64 Å². The Kier molecular flexibility index (Phi) is 14.4. The van der Waals surface area contributed by atoms with Crippen molar-refractivity contribution in [3.8, 4) is 5.88 Å². The maximum Gasteiger partial charge on any atom is 0.414 e. The summed E-state index contributed by atoms with van der Waals surface area (Å²) in [7, 11) is -4.30. The van der Waals surface area contributed by atoms with Gasteiger partial charge in [-0.05, 0) is 128 Å². The van der Waals surface area contributed by atoms with E-state index in [-0.39, 0.29) is 80.7 Å². The van der Waals surface area contributed by atoms with E-state index in [0.717, 1.165) is 44.9 Å². The molecule has 4 unspecified atom stereocenters. The summed E-state index contributed by atoms with van der Waals surface area (Å²) in [5, 5.41) is 56.4. The van der Waals surface area contributed by atoms with Crippen LogP contribution in [0.5, 0.6) is 5.88 Å². The smallest absolute Gasteiger partial charge is 0.414 e. The number of rotatable bonds is 14. The third-order valence-electron chi connectivity index (χ3n) is 18.8. The van der Waals surface area contributed by atoms with Crippen molar-refractivity contribution >= 4 is 27.7 Å². The summed E-state index contributed by atoms with van der Waals surface area (Å²) in [4.78, 5) is 40.6. The van der Waals surface area contributed by atoms with Gasteiger partial charge in [-0.15, -0.1) is 0 Å². The number of sulfone groups is 1. The number of allylic oxidation sites excluding steroid dienone is 2. The van der Waals surface area contributed by atoms with Crippen LogP contribution in [0.4, 0.5) is 0 Å². The van der Waals surface area contributed by atoms with E-state index in [1.165, 1.54) is 29.8 Å². The highest BCUT2D eigenvalue weighted by Gasteiger charge is 2.70. The molecule has 5 aliphatic carbocycles. The molecule has 18 nitrogen and oxygen atoms in total. The molecule has 4 N–H and O–H groups in total. The fourth-order valence-electron chi connectivity index (χ4n) is 14.5. The van der Waals surface area contributed by atoms with Crippen LogP contribution in [0, 0.1) is 55.5 Å². The number of hydrogen-bond donors (Lipinski definition) is 4. The number of fused-ring (bicyclic) bond motifs is 7. The lowest BCUT2D eigenvalue weighted by Gasteiger charge is -2.71. The number of nitrogens with zero attached hydrogens (tertiary/aromatic N) is 2. The molecular formula is C52H74N2O16S. The van der Waals surface area contributed by atoms with Gasteiger partial charge in [0.2, 0.25) is 6.29 Å². The van der Waals surface area contributed by atoms with Gasteiger partial charge in [-0.25, -0.2) is 8.42 Å². The topological polar surface area (TPSA) is 265 Å². The molecule has 0 radical (unpaired) electrons. The standard InChI is InChI=1S/C52H74N2O16S/c1-30(20-27-65-43-44(54(62)70-53-43)71(63,64)31-12-10-9-11-13-31)66-38(56)16-17-39(57)68-37-19-21-49(6)35(48(37,4)5)18-22-51(8)36(49)15-14-32-33-28-47(2,3)23-25-52(33,26-24-50(32,51)7)46(61)69-45-42(60)41(59)40(58)34(29-55)67-45/h9-14,30,33-37,40-42,45,55,58-60H,15-29H2,1-8H3/t30?,33?,34-,35?,36?,37-,40+,41+,42-,45+,49-,50+,51+,52-/m0/s1. The molecule has 0 amide bonds. The molecule has 1 aromatic heterocycles. The highest BCUT2D eigenvalue weighted by molar-refractivity contribution is 7.91. The van der Waals surface area contributed by atoms with Crippen LogP contribution in [0.25, 0.3) is 0 Å². The van der Waals surface area contributed by atoms with E-state index in [4.69, 9.17) is 23.7 Å². The fourth-order valence-corrected chi connectivity index (χ4v) is 15.8. The predicted molar refractivity (Wildman–Crippen MR) is 251 cm³/mol. The van der Waals surface area contributed by atoms with Gasteiger partial charge in [0, 0.05) is 11.8 Å². The molecule has 4 saturated carbocycles. The van der Waals surface area contributed by atoms with E-state index in [0.29, 0.717) is 25.2 Å². The lowest BCUT2D eigenvalue weighted by Crippen LogP contribution is -2.65. The second-order valence-corrected chi connectivity index (χ2v) is 25.5. The number of benzene rings is 1. The molecule has 2 heterocycles. The van der Waals surface area contributed by atoms with Crippen molar-refractivity contribution in [2.24, 2.45) is 50.2 Å². The van der Waals surface area contributed by atoms with Gasteiger partial charge < -0.3 is 49.3 Å². The first-order valence-corrected chi connectivity index (χ1v) is 26.9. The minimum atomic E-state index is -4.30. The highest BCUT2D eigenvalue weighted by Crippen LogP contribution is 2.76. The molecule has 394 valence electrons. The van der Waals surface area contributed by atoms with E-state index < -0.39 is 87.5 Å². The van der Waals surface area contributed by atoms with Gasteiger partial charge in [0.05, 0.1) is 41.5 Å². The zero-order valence-electron chi connectivity index (χ0n) is 42.3. The molecule has 71 heavy (non-hydrogen) atoms. The van der Waals surface area contributed by atoms with Crippen LogP contribution in [0.2, 0.25) is 0 Å². The third-order valence-corrected chi connectivity index (χ3v) is 20.5. The Bertz CT molecular complexity index is 2460. The van der Waals surface area contributed by atoms with Crippen LogP contribution in [0.1, 0.15) is 139 Å². The number of carbonyl (C=O) groups is 3. The minimum Gasteiger partial charge on any atom is -0.463 e. The fraction of sp³-hybridized carbons (Fsp3) is 0.750. The molecule has 1 aromatic carbocycles. The first-order chi connectivity index (χ1) is 33.3. The molecule has 5 fully saturated rings. The Hall–Kier alpha value is -4.14. The van der Waals surface area contributed by atoms with Gasteiger partial charge in [-0.2, -0.15) is 0 Å². The largest absolute Gasteiger partial charge is 0.463 e. The van der Waals surface area contributed by atoms with Gasteiger partial charge in [-0.1, -0.05) is 78.3 Å². The van der Waals surface area contributed by atoms with Crippen molar-refractivity contribution in [3.63, 3.8) is 0 Å². The van der Waals surface area contributed by atoms with Crippen molar-refractivity contribution in [3.05, 3.63) is 47.2 Å². The van der Waals surface area contributed by atoms with E-state index in [9.17, 15) is 48.4 Å². The number of aliphatic hydroxyl groups excluding tert-OH is 4. The molecule has 19 heteroatoms. The van der Waals surface area contributed by atoms with Crippen LogP contribution in [0.15, 0.2) is 56.5 Å². The summed E-state index contributed by atoms with van der Waals surface area (Å²) in [6, 6.07) is 7.31. The van der Waals surface area contributed by atoms with Crippen molar-refractivity contribution in [1.29, 1.82) is 0 Å². The van der Waals surface area contributed by atoms with Gasteiger partial charge in [0.15, 0.2) is 0 Å². The number of aliphatic hydroxyl groups is 4. The summed E-state index contributed by atoms with van der Waals surface area (Å²) in [6.07, 6.45) is 1.34. The monoisotopic (exact) mass is 1010 g/mol. The molecule has 14 atom stereocenters. The molecule has 8 rings (SSSR count). The molecule has 2 aromatic rings. The molecule has 1 aliphatic heterocycles. The summed E-state index contributed by atoms with van der Waals surface area (Å²) in [5.41, 5.74) is -0.400. The van der Waals surface area contributed by atoms with E-state index in [1.807, 2.05) is 0 Å². The summed E-state index contributed by atoms with van der Waals surface area (Å²) in [6.45, 7) is 17.1.